The van der Waals surface area contributed by atoms with Crippen LogP contribution in [0.2, 0.25) is 0 Å². The van der Waals surface area contributed by atoms with Crippen LogP contribution in [0.5, 0.6) is 0 Å². The number of para-hydroxylation sites is 1. The van der Waals surface area contributed by atoms with Gasteiger partial charge in [-0.1, -0.05) is 18.2 Å². The van der Waals surface area contributed by atoms with E-state index in [4.69, 9.17) is 9.15 Å². The third-order valence-electron chi connectivity index (χ3n) is 2.52. The molecule has 0 saturated heterocycles. The fraction of sp³-hybridized carbons (Fsp3) is 0.0833. The van der Waals surface area contributed by atoms with Gasteiger partial charge in [-0.2, -0.15) is 0 Å². The summed E-state index contributed by atoms with van der Waals surface area (Å²) in [6, 6.07) is 7.48. The van der Waals surface area contributed by atoms with E-state index in [0.717, 1.165) is 10.9 Å². The number of ether oxygens (including phenoxy) is 1. The third-order valence-corrected chi connectivity index (χ3v) is 2.52. The van der Waals surface area contributed by atoms with E-state index in [1.165, 1.54) is 6.26 Å². The van der Waals surface area contributed by atoms with Crippen LogP contribution in [0.25, 0.3) is 17.0 Å². The molecular weight excluding hydrogens is 192 g/mol. The number of hydrogen-bond acceptors (Lipinski definition) is 3. The summed E-state index contributed by atoms with van der Waals surface area (Å²) in [5.41, 5.74) is 1.81. The van der Waals surface area contributed by atoms with Crippen LogP contribution >= 0.6 is 0 Å². The minimum absolute atomic E-state index is 0.303. The maximum atomic E-state index is 11.6. The van der Waals surface area contributed by atoms with E-state index in [1.807, 2.05) is 18.2 Å². The van der Waals surface area contributed by atoms with Gasteiger partial charge in [0.2, 0.25) is 0 Å². The quantitative estimate of drug-likeness (QED) is 0.612. The summed E-state index contributed by atoms with van der Waals surface area (Å²) in [7, 11) is 0. The van der Waals surface area contributed by atoms with Crippen LogP contribution in [0.3, 0.4) is 0 Å². The monoisotopic (exact) mass is 200 g/mol. The van der Waals surface area contributed by atoms with Crippen molar-refractivity contribution in [1.29, 1.82) is 0 Å². The van der Waals surface area contributed by atoms with Crippen molar-refractivity contribution in [3.05, 3.63) is 52.1 Å². The molecule has 0 amide bonds. The highest BCUT2D eigenvalue weighted by Gasteiger charge is 2.14. The summed E-state index contributed by atoms with van der Waals surface area (Å²) in [6.07, 6.45) is 3.17. The van der Waals surface area contributed by atoms with Crippen molar-refractivity contribution >= 4 is 17.0 Å². The Bertz CT molecular complexity index is 608. The van der Waals surface area contributed by atoms with Gasteiger partial charge in [0.25, 0.3) is 0 Å². The molecule has 2 heterocycles. The zero-order valence-corrected chi connectivity index (χ0v) is 7.90. The maximum Gasteiger partial charge on any atom is 0.344 e. The summed E-state index contributed by atoms with van der Waals surface area (Å²) >= 11 is 0. The molecular formula is C12H8O3. The molecule has 0 unspecified atom stereocenters. The Morgan fingerprint density at radius 2 is 2.07 bits per heavy atom. The largest absolute Gasteiger partial charge is 0.496 e. The topological polar surface area (TPSA) is 39.4 Å². The first-order valence-corrected chi connectivity index (χ1v) is 4.69. The Labute approximate surface area is 85.6 Å². The first kappa shape index (κ1) is 8.29. The minimum Gasteiger partial charge on any atom is -0.496 e. The summed E-state index contributed by atoms with van der Waals surface area (Å²) in [5.74, 6) is 0. The van der Waals surface area contributed by atoms with Crippen LogP contribution in [0.1, 0.15) is 11.1 Å². The van der Waals surface area contributed by atoms with Gasteiger partial charge in [0.1, 0.15) is 12.2 Å². The molecule has 3 heteroatoms. The fourth-order valence-corrected chi connectivity index (χ4v) is 1.80. The van der Waals surface area contributed by atoms with E-state index in [0.29, 0.717) is 17.8 Å². The first-order valence-electron chi connectivity index (χ1n) is 4.69. The molecule has 0 spiro atoms. The van der Waals surface area contributed by atoms with E-state index in [2.05, 4.69) is 0 Å². The molecule has 0 aliphatic carbocycles. The molecule has 0 bridgehead atoms. The Morgan fingerprint density at radius 3 is 3.00 bits per heavy atom. The zero-order valence-electron chi connectivity index (χ0n) is 7.90. The van der Waals surface area contributed by atoms with Crippen molar-refractivity contribution in [3.63, 3.8) is 0 Å². The molecule has 1 aliphatic heterocycles. The lowest BCUT2D eigenvalue weighted by atomic mass is 10.0. The smallest absolute Gasteiger partial charge is 0.344 e. The van der Waals surface area contributed by atoms with Crippen molar-refractivity contribution in [2.75, 3.05) is 0 Å². The van der Waals surface area contributed by atoms with E-state index in [9.17, 15) is 4.79 Å². The van der Waals surface area contributed by atoms with Crippen LogP contribution in [0, 0.1) is 0 Å². The van der Waals surface area contributed by atoms with Gasteiger partial charge in [-0.25, -0.2) is 4.79 Å². The SMILES string of the molecule is O=c1oc2ccccc2c2c1C=COC2. The highest BCUT2D eigenvalue weighted by atomic mass is 16.5. The van der Waals surface area contributed by atoms with Crippen molar-refractivity contribution in [2.45, 2.75) is 6.61 Å². The molecule has 0 N–H and O–H groups in total. The van der Waals surface area contributed by atoms with Crippen LogP contribution < -0.4 is 5.63 Å². The highest BCUT2D eigenvalue weighted by Crippen LogP contribution is 2.23. The fourth-order valence-electron chi connectivity index (χ4n) is 1.80. The molecule has 3 rings (SSSR count). The number of hydrogen-bond donors (Lipinski definition) is 0. The Hall–Kier alpha value is -2.03. The lowest BCUT2D eigenvalue weighted by molar-refractivity contribution is 0.234. The van der Waals surface area contributed by atoms with Gasteiger partial charge in [-0.15, -0.1) is 0 Å². The lowest BCUT2D eigenvalue weighted by Gasteiger charge is -2.12. The standard InChI is InChI=1S/C12H8O3/c13-12-9-5-6-14-7-10(9)8-3-1-2-4-11(8)15-12/h1-6H,7H2. The molecule has 3 nitrogen and oxygen atoms in total. The molecule has 1 aromatic heterocycles. The predicted octanol–water partition coefficient (Wildman–Crippen LogP) is 2.29. The van der Waals surface area contributed by atoms with Crippen LogP contribution in [0.4, 0.5) is 0 Å². The average molecular weight is 200 g/mol. The predicted molar refractivity (Wildman–Crippen MR) is 56.3 cm³/mol. The van der Waals surface area contributed by atoms with Gasteiger partial charge < -0.3 is 9.15 Å². The second kappa shape index (κ2) is 2.98. The maximum absolute atomic E-state index is 11.6. The van der Waals surface area contributed by atoms with Gasteiger partial charge in [0, 0.05) is 10.9 Å². The van der Waals surface area contributed by atoms with Gasteiger partial charge in [-0.05, 0) is 12.1 Å². The normalized spacial score (nSPS) is 13.6. The van der Waals surface area contributed by atoms with Crippen LogP contribution in [0.15, 0.2) is 39.7 Å². The van der Waals surface area contributed by atoms with Crippen molar-refractivity contribution in [3.8, 4) is 0 Å². The van der Waals surface area contributed by atoms with Crippen molar-refractivity contribution in [2.24, 2.45) is 0 Å². The van der Waals surface area contributed by atoms with Crippen molar-refractivity contribution < 1.29 is 9.15 Å². The van der Waals surface area contributed by atoms with E-state index in [1.54, 1.807) is 12.1 Å². The Kier molecular flexibility index (Phi) is 1.65. The summed E-state index contributed by atoms with van der Waals surface area (Å²) in [5, 5.41) is 0.941. The number of rotatable bonds is 0. The average Bonchev–Trinajstić information content (AvgIpc) is 2.30. The zero-order chi connectivity index (χ0) is 10.3. The number of benzene rings is 1. The van der Waals surface area contributed by atoms with Gasteiger partial charge in [0.15, 0.2) is 0 Å². The lowest BCUT2D eigenvalue weighted by Crippen LogP contribution is -2.11. The van der Waals surface area contributed by atoms with Crippen LogP contribution in [-0.4, -0.2) is 0 Å². The molecule has 0 atom stereocenters. The molecule has 15 heavy (non-hydrogen) atoms. The van der Waals surface area contributed by atoms with Gasteiger partial charge >= 0.3 is 5.63 Å². The molecule has 1 aromatic carbocycles. The third kappa shape index (κ3) is 1.16. The molecule has 74 valence electrons. The molecule has 0 radical (unpaired) electrons. The van der Waals surface area contributed by atoms with Crippen LogP contribution in [-0.2, 0) is 11.3 Å². The van der Waals surface area contributed by atoms with Gasteiger partial charge in [-0.3, -0.25) is 0 Å². The van der Waals surface area contributed by atoms with E-state index < -0.39 is 0 Å². The molecule has 2 aromatic rings. The van der Waals surface area contributed by atoms with E-state index in [-0.39, 0.29) is 5.63 Å². The summed E-state index contributed by atoms with van der Waals surface area (Å²) in [6.45, 7) is 0.429. The number of fused-ring (bicyclic) bond motifs is 3. The van der Waals surface area contributed by atoms with E-state index >= 15 is 0 Å². The molecule has 0 fully saturated rings. The molecule has 0 saturated carbocycles. The highest BCUT2D eigenvalue weighted by molar-refractivity contribution is 5.83. The second-order valence-corrected chi connectivity index (χ2v) is 3.39. The Balaban J connectivity index is 2.51. The van der Waals surface area contributed by atoms with Gasteiger partial charge in [0.05, 0.1) is 11.8 Å². The van der Waals surface area contributed by atoms with Crippen molar-refractivity contribution in [1.82, 2.24) is 0 Å². The first-order chi connectivity index (χ1) is 7.36. The summed E-state index contributed by atoms with van der Waals surface area (Å²) in [4.78, 5) is 11.6. The Morgan fingerprint density at radius 1 is 1.20 bits per heavy atom. The molecule has 1 aliphatic rings. The minimum atomic E-state index is -0.303. The second-order valence-electron chi connectivity index (χ2n) is 3.39. The summed E-state index contributed by atoms with van der Waals surface area (Å²) < 4.78 is 10.4.